The van der Waals surface area contributed by atoms with Crippen LogP contribution < -0.4 is 0 Å². The minimum Gasteiger partial charge on any atom is -0.414 e. The van der Waals surface area contributed by atoms with Gasteiger partial charge < -0.3 is 9.16 Å². The van der Waals surface area contributed by atoms with E-state index < -0.39 is 8.32 Å². The van der Waals surface area contributed by atoms with E-state index in [0.717, 1.165) is 13.0 Å². The van der Waals surface area contributed by atoms with Crippen LogP contribution in [0, 0.1) is 0 Å². The van der Waals surface area contributed by atoms with Gasteiger partial charge >= 0.3 is 0 Å². The van der Waals surface area contributed by atoms with Gasteiger partial charge in [0.2, 0.25) is 0 Å². The molecule has 0 aromatic heterocycles. The van der Waals surface area contributed by atoms with Crippen LogP contribution in [0.5, 0.6) is 0 Å². The van der Waals surface area contributed by atoms with Gasteiger partial charge in [-0.3, -0.25) is 0 Å². The third-order valence-electron chi connectivity index (χ3n) is 3.81. The van der Waals surface area contributed by atoms with Crippen LogP contribution in [0.1, 0.15) is 47.0 Å². The van der Waals surface area contributed by atoms with Crippen LogP contribution in [-0.4, -0.2) is 27.1 Å². The first-order valence-corrected chi connectivity index (χ1v) is 9.46. The molecule has 0 spiro atoms. The Balaban J connectivity index is 2.51. The van der Waals surface area contributed by atoms with E-state index >= 15 is 0 Å². The van der Waals surface area contributed by atoms with E-state index in [-0.39, 0.29) is 0 Å². The second-order valence-corrected chi connectivity index (χ2v) is 11.2. The Morgan fingerprint density at radius 2 is 1.94 bits per heavy atom. The molecule has 0 aromatic carbocycles. The predicted molar refractivity (Wildman–Crippen MR) is 71.3 cm³/mol. The van der Waals surface area contributed by atoms with E-state index in [1.807, 2.05) is 0 Å². The molecule has 0 N–H and O–H groups in total. The van der Waals surface area contributed by atoms with Crippen LogP contribution in [0.4, 0.5) is 0 Å². The molecule has 1 heterocycles. The van der Waals surface area contributed by atoms with Crippen LogP contribution >= 0.6 is 0 Å². The molecule has 1 rings (SSSR count). The van der Waals surface area contributed by atoms with Gasteiger partial charge in [0.15, 0.2) is 8.32 Å². The lowest BCUT2D eigenvalue weighted by molar-refractivity contribution is 0.149. The molecule has 0 saturated carbocycles. The molecule has 0 amide bonds. The zero-order valence-electron chi connectivity index (χ0n) is 11.8. The lowest BCUT2D eigenvalue weighted by Crippen LogP contribution is -2.44. The average Bonchev–Trinajstić information content (AvgIpc) is 2.85. The number of hydrogen-bond donors (Lipinski definition) is 0. The maximum absolute atomic E-state index is 6.45. The smallest absolute Gasteiger partial charge is 0.192 e. The summed E-state index contributed by atoms with van der Waals surface area (Å²) in [7, 11) is -1.60. The quantitative estimate of drug-likeness (QED) is 0.521. The molecule has 0 aromatic rings. The highest BCUT2D eigenvalue weighted by molar-refractivity contribution is 6.74. The average molecular weight is 244 g/mol. The molecule has 0 radical (unpaired) electrons. The second kappa shape index (κ2) is 5.19. The Hall–Kier alpha value is 0.137. The highest BCUT2D eigenvalue weighted by Crippen LogP contribution is 2.38. The first-order chi connectivity index (χ1) is 7.26. The normalized spacial score (nSPS) is 23.2. The van der Waals surface area contributed by atoms with E-state index in [2.05, 4.69) is 40.8 Å². The Bertz CT molecular complexity index is 216. The summed E-state index contributed by atoms with van der Waals surface area (Å²) in [5.41, 5.74) is 0. The summed E-state index contributed by atoms with van der Waals surface area (Å²) in [6.45, 7) is 14.8. The maximum Gasteiger partial charge on any atom is 0.192 e. The Morgan fingerprint density at radius 1 is 1.38 bits per heavy atom. The fourth-order valence-corrected chi connectivity index (χ4v) is 3.04. The number of hydrogen-bond acceptors (Lipinski definition) is 2. The third-order valence-corrected chi connectivity index (χ3v) is 8.34. The van der Waals surface area contributed by atoms with Gasteiger partial charge in [0.1, 0.15) is 0 Å². The Morgan fingerprint density at radius 3 is 2.31 bits per heavy atom. The number of ether oxygens (including phenoxy) is 1. The monoisotopic (exact) mass is 244 g/mol. The molecule has 1 aliphatic heterocycles. The van der Waals surface area contributed by atoms with E-state index in [4.69, 9.17) is 9.16 Å². The first kappa shape index (κ1) is 14.2. The van der Waals surface area contributed by atoms with Crippen molar-refractivity contribution in [3.8, 4) is 0 Å². The molecule has 16 heavy (non-hydrogen) atoms. The minimum atomic E-state index is -1.60. The standard InChI is InChI=1S/C13H28O2Si/c1-7-8-11(9-12-10-14-12)15-16(5,6)13(2,3)4/h11-12H,7-10H2,1-6H3/t11-,12-/m1/s1. The van der Waals surface area contributed by atoms with Crippen LogP contribution in [0.3, 0.4) is 0 Å². The summed E-state index contributed by atoms with van der Waals surface area (Å²) in [6, 6.07) is 0. The summed E-state index contributed by atoms with van der Waals surface area (Å²) in [6.07, 6.45) is 4.37. The van der Waals surface area contributed by atoms with Gasteiger partial charge in [-0.1, -0.05) is 34.1 Å². The van der Waals surface area contributed by atoms with Crippen molar-refractivity contribution >= 4 is 8.32 Å². The molecule has 96 valence electrons. The van der Waals surface area contributed by atoms with Crippen molar-refractivity contribution in [3.05, 3.63) is 0 Å². The highest BCUT2D eigenvalue weighted by Gasteiger charge is 2.40. The van der Waals surface area contributed by atoms with Crippen molar-refractivity contribution in [2.75, 3.05) is 6.61 Å². The Kier molecular flexibility index (Phi) is 4.61. The van der Waals surface area contributed by atoms with Crippen molar-refractivity contribution < 1.29 is 9.16 Å². The predicted octanol–water partition coefficient (Wildman–Crippen LogP) is 3.97. The fourth-order valence-electron chi connectivity index (χ4n) is 1.64. The molecule has 2 nitrogen and oxygen atoms in total. The molecule has 1 fully saturated rings. The maximum atomic E-state index is 6.45. The number of rotatable bonds is 6. The molecular weight excluding hydrogens is 216 g/mol. The Labute approximate surface area is 102 Å². The number of epoxide rings is 1. The van der Waals surface area contributed by atoms with Crippen molar-refractivity contribution in [1.29, 1.82) is 0 Å². The van der Waals surface area contributed by atoms with Crippen molar-refractivity contribution in [3.63, 3.8) is 0 Å². The van der Waals surface area contributed by atoms with E-state index in [9.17, 15) is 0 Å². The van der Waals surface area contributed by atoms with Crippen LogP contribution in [0.2, 0.25) is 18.1 Å². The fraction of sp³-hybridized carbons (Fsp3) is 1.00. The lowest BCUT2D eigenvalue weighted by atomic mass is 10.1. The summed E-state index contributed by atoms with van der Waals surface area (Å²) in [5.74, 6) is 0. The summed E-state index contributed by atoms with van der Waals surface area (Å²) >= 11 is 0. The van der Waals surface area contributed by atoms with Crippen molar-refractivity contribution in [2.45, 2.75) is 77.3 Å². The second-order valence-electron chi connectivity index (χ2n) is 6.48. The zero-order chi connectivity index (χ0) is 12.4. The van der Waals surface area contributed by atoms with Gasteiger partial charge in [-0.05, 0) is 24.6 Å². The van der Waals surface area contributed by atoms with Crippen molar-refractivity contribution in [2.24, 2.45) is 0 Å². The van der Waals surface area contributed by atoms with Gasteiger partial charge in [-0.25, -0.2) is 0 Å². The highest BCUT2D eigenvalue weighted by atomic mass is 28.4. The van der Waals surface area contributed by atoms with E-state index in [0.29, 0.717) is 17.2 Å². The van der Waals surface area contributed by atoms with Crippen LogP contribution in [0.25, 0.3) is 0 Å². The molecule has 0 unspecified atom stereocenters. The van der Waals surface area contributed by atoms with Gasteiger partial charge in [0, 0.05) is 12.5 Å². The van der Waals surface area contributed by atoms with Gasteiger partial charge in [-0.15, -0.1) is 0 Å². The first-order valence-electron chi connectivity index (χ1n) is 6.55. The van der Waals surface area contributed by atoms with Gasteiger partial charge in [0.05, 0.1) is 12.7 Å². The third kappa shape index (κ3) is 4.19. The summed E-state index contributed by atoms with van der Waals surface area (Å²) < 4.78 is 11.8. The van der Waals surface area contributed by atoms with Gasteiger partial charge in [0.25, 0.3) is 0 Å². The summed E-state index contributed by atoms with van der Waals surface area (Å²) in [4.78, 5) is 0. The SMILES string of the molecule is CCC[C@H](C[C@@H]1CO1)O[Si](C)(C)C(C)(C)C. The van der Waals surface area contributed by atoms with E-state index in [1.54, 1.807) is 0 Å². The van der Waals surface area contributed by atoms with Crippen LogP contribution in [-0.2, 0) is 9.16 Å². The van der Waals surface area contributed by atoms with E-state index in [1.165, 1.54) is 12.8 Å². The summed E-state index contributed by atoms with van der Waals surface area (Å²) in [5, 5.41) is 0.309. The molecule has 1 saturated heterocycles. The lowest BCUT2D eigenvalue weighted by Gasteiger charge is -2.39. The molecule has 0 bridgehead atoms. The molecule has 0 aliphatic carbocycles. The molecule has 3 heteroatoms. The molecule has 1 aliphatic rings. The molecule has 2 atom stereocenters. The van der Waals surface area contributed by atoms with Gasteiger partial charge in [-0.2, -0.15) is 0 Å². The zero-order valence-corrected chi connectivity index (χ0v) is 12.8. The topological polar surface area (TPSA) is 21.8 Å². The largest absolute Gasteiger partial charge is 0.414 e. The minimum absolute atomic E-state index is 0.309. The molecular formula is C13H28O2Si. The van der Waals surface area contributed by atoms with Crippen LogP contribution in [0.15, 0.2) is 0 Å². The van der Waals surface area contributed by atoms with Crippen molar-refractivity contribution in [1.82, 2.24) is 0 Å².